The predicted octanol–water partition coefficient (Wildman–Crippen LogP) is 6.82. The summed E-state index contributed by atoms with van der Waals surface area (Å²) in [6.45, 7) is 0. The fraction of sp³-hybridized carbons (Fsp3) is 0. The van der Waals surface area contributed by atoms with Gasteiger partial charge in [-0.1, -0.05) is 44.0 Å². The van der Waals surface area contributed by atoms with E-state index in [1.54, 1.807) is 12.4 Å². The lowest BCUT2D eigenvalue weighted by molar-refractivity contribution is 1.32. The van der Waals surface area contributed by atoms with E-state index in [4.69, 9.17) is 0 Å². The van der Waals surface area contributed by atoms with Crippen LogP contribution >= 0.6 is 31.9 Å². The summed E-state index contributed by atoms with van der Waals surface area (Å²) < 4.78 is 1.98. The Bertz CT molecular complexity index is 1220. The highest BCUT2D eigenvalue weighted by molar-refractivity contribution is 9.10. The van der Waals surface area contributed by atoms with Crippen molar-refractivity contribution in [2.24, 2.45) is 0 Å². The molecule has 0 unspecified atom stereocenters. The molecule has 0 aliphatic heterocycles. The lowest BCUT2D eigenvalue weighted by atomic mass is 9.98. The monoisotopic (exact) mass is 477 g/mol. The molecule has 0 spiro atoms. The van der Waals surface area contributed by atoms with E-state index in [9.17, 15) is 5.26 Å². The number of hydrogen-bond acceptors (Lipinski definition) is 2. The fourth-order valence-electron chi connectivity index (χ4n) is 3.08. The van der Waals surface area contributed by atoms with Gasteiger partial charge in [-0.3, -0.25) is 4.98 Å². The van der Waals surface area contributed by atoms with Gasteiger partial charge < -0.3 is 4.98 Å². The second-order valence-electron chi connectivity index (χ2n) is 6.04. The molecule has 27 heavy (non-hydrogen) atoms. The van der Waals surface area contributed by atoms with Crippen molar-refractivity contribution in [2.75, 3.05) is 0 Å². The van der Waals surface area contributed by atoms with Crippen LogP contribution in [-0.4, -0.2) is 9.97 Å². The molecule has 0 saturated heterocycles. The number of nitriles is 1. The molecule has 0 saturated carbocycles. The summed E-state index contributed by atoms with van der Waals surface area (Å²) >= 11 is 7.03. The molecule has 1 N–H and O–H groups in total. The summed E-state index contributed by atoms with van der Waals surface area (Å²) in [7, 11) is 0. The van der Waals surface area contributed by atoms with Gasteiger partial charge in [0.1, 0.15) is 0 Å². The van der Waals surface area contributed by atoms with Gasteiger partial charge >= 0.3 is 0 Å². The van der Waals surface area contributed by atoms with Crippen molar-refractivity contribution >= 4 is 54.4 Å². The molecule has 0 fully saturated rings. The highest BCUT2D eigenvalue weighted by Gasteiger charge is 2.11. The van der Waals surface area contributed by atoms with Gasteiger partial charge in [0.2, 0.25) is 0 Å². The first-order chi connectivity index (χ1) is 13.2. The second kappa shape index (κ2) is 7.51. The molecule has 0 amide bonds. The van der Waals surface area contributed by atoms with E-state index >= 15 is 0 Å². The Morgan fingerprint density at radius 3 is 2.74 bits per heavy atom. The van der Waals surface area contributed by atoms with E-state index in [0.29, 0.717) is 5.57 Å². The fourth-order valence-corrected chi connectivity index (χ4v) is 3.84. The van der Waals surface area contributed by atoms with E-state index < -0.39 is 0 Å². The molecule has 4 aromatic rings. The molecule has 3 nitrogen and oxygen atoms in total. The molecule has 4 rings (SSSR count). The van der Waals surface area contributed by atoms with Crippen LogP contribution in [0, 0.1) is 11.3 Å². The van der Waals surface area contributed by atoms with Crippen LogP contribution < -0.4 is 0 Å². The summed E-state index contributed by atoms with van der Waals surface area (Å²) in [6.07, 6.45) is 7.33. The zero-order chi connectivity index (χ0) is 18.8. The van der Waals surface area contributed by atoms with E-state index in [0.717, 1.165) is 42.1 Å². The number of benzene rings is 2. The van der Waals surface area contributed by atoms with Gasteiger partial charge in [0, 0.05) is 49.6 Å². The van der Waals surface area contributed by atoms with Gasteiger partial charge in [0.15, 0.2) is 0 Å². The van der Waals surface area contributed by atoms with Crippen molar-refractivity contribution in [3.05, 3.63) is 87.2 Å². The van der Waals surface area contributed by atoms with Gasteiger partial charge in [-0.2, -0.15) is 5.26 Å². The molecule has 0 aliphatic rings. The third-order valence-corrected chi connectivity index (χ3v) is 5.33. The minimum atomic E-state index is 0.587. The number of fused-ring (bicyclic) bond motifs is 1. The van der Waals surface area contributed by atoms with Crippen LogP contribution in [0.5, 0.6) is 0 Å². The smallest absolute Gasteiger partial charge is 0.0998 e. The molecule has 130 valence electrons. The molecule has 2 heterocycles. The third kappa shape index (κ3) is 3.59. The summed E-state index contributed by atoms with van der Waals surface area (Å²) in [6, 6.07) is 18.4. The van der Waals surface area contributed by atoms with Gasteiger partial charge in [0.25, 0.3) is 0 Å². The number of nitrogens with one attached hydrogen (secondary N) is 1. The Morgan fingerprint density at radius 2 is 1.93 bits per heavy atom. The normalized spacial score (nSPS) is 11.5. The first kappa shape index (κ1) is 17.7. The highest BCUT2D eigenvalue weighted by atomic mass is 79.9. The Balaban J connectivity index is 1.87. The minimum absolute atomic E-state index is 0.587. The van der Waals surface area contributed by atoms with E-state index in [2.05, 4.69) is 54.0 Å². The number of aromatic nitrogens is 2. The van der Waals surface area contributed by atoms with Gasteiger partial charge in [-0.15, -0.1) is 0 Å². The number of allylic oxidation sites excluding steroid dienone is 1. The van der Waals surface area contributed by atoms with Crippen molar-refractivity contribution in [2.45, 2.75) is 0 Å². The zero-order valence-electron chi connectivity index (χ0n) is 14.1. The quantitative estimate of drug-likeness (QED) is 0.328. The topological polar surface area (TPSA) is 52.5 Å². The zero-order valence-corrected chi connectivity index (χ0v) is 17.3. The maximum absolute atomic E-state index is 9.82. The molecule has 0 bridgehead atoms. The Kier molecular flexibility index (Phi) is 4.93. The average Bonchev–Trinajstić information content (AvgIpc) is 3.09. The maximum atomic E-state index is 9.82. The second-order valence-corrected chi connectivity index (χ2v) is 7.87. The molecule has 5 heteroatoms. The number of rotatable bonds is 3. The molecular weight excluding hydrogens is 466 g/mol. The van der Waals surface area contributed by atoms with E-state index in [1.807, 2.05) is 54.7 Å². The highest BCUT2D eigenvalue weighted by Crippen LogP contribution is 2.31. The molecule has 0 radical (unpaired) electrons. The summed E-state index contributed by atoms with van der Waals surface area (Å²) in [5, 5.41) is 10.8. The van der Waals surface area contributed by atoms with Gasteiger partial charge in [-0.05, 0) is 53.6 Å². The van der Waals surface area contributed by atoms with E-state index in [1.165, 1.54) is 0 Å². The molecule has 2 aromatic carbocycles. The van der Waals surface area contributed by atoms with Crippen LogP contribution in [0.1, 0.15) is 11.1 Å². The number of hydrogen-bond donors (Lipinski definition) is 1. The lowest BCUT2D eigenvalue weighted by Crippen LogP contribution is -1.87. The standard InChI is InChI=1S/C22H13Br2N3/c23-17-3-1-2-14(9-17)19-6-7-26-12-16(19)8-15(11-25)21-13-27-22-5-4-18(24)10-20(21)22/h1-10,12-13,27H/b15-8+. The maximum Gasteiger partial charge on any atom is 0.0998 e. The first-order valence-corrected chi connectivity index (χ1v) is 9.83. The molecule has 0 aliphatic carbocycles. The Labute approximate surface area is 173 Å². The summed E-state index contributed by atoms with van der Waals surface area (Å²) in [5.74, 6) is 0. The van der Waals surface area contributed by atoms with Crippen LogP contribution in [0.2, 0.25) is 0 Å². The van der Waals surface area contributed by atoms with Crippen molar-refractivity contribution < 1.29 is 0 Å². The summed E-state index contributed by atoms with van der Waals surface area (Å²) in [4.78, 5) is 7.49. The largest absolute Gasteiger partial charge is 0.361 e. The third-order valence-electron chi connectivity index (χ3n) is 4.34. The first-order valence-electron chi connectivity index (χ1n) is 8.24. The minimum Gasteiger partial charge on any atom is -0.361 e. The molecular formula is C22H13Br2N3. The number of nitrogens with zero attached hydrogens (tertiary/aromatic N) is 2. The van der Waals surface area contributed by atoms with Crippen molar-refractivity contribution in [3.63, 3.8) is 0 Å². The molecule has 2 aromatic heterocycles. The number of pyridine rings is 1. The van der Waals surface area contributed by atoms with Crippen LogP contribution in [-0.2, 0) is 0 Å². The van der Waals surface area contributed by atoms with Crippen molar-refractivity contribution in [3.8, 4) is 17.2 Å². The Morgan fingerprint density at radius 1 is 1.07 bits per heavy atom. The number of halogens is 2. The lowest BCUT2D eigenvalue weighted by Gasteiger charge is -2.07. The van der Waals surface area contributed by atoms with Crippen LogP contribution in [0.15, 0.2) is 76.1 Å². The van der Waals surface area contributed by atoms with E-state index in [-0.39, 0.29) is 0 Å². The van der Waals surface area contributed by atoms with Crippen molar-refractivity contribution in [1.29, 1.82) is 5.26 Å². The summed E-state index contributed by atoms with van der Waals surface area (Å²) in [5.41, 5.74) is 5.45. The average molecular weight is 479 g/mol. The number of H-pyrrole nitrogens is 1. The predicted molar refractivity (Wildman–Crippen MR) is 117 cm³/mol. The van der Waals surface area contributed by atoms with Crippen molar-refractivity contribution in [1.82, 2.24) is 9.97 Å². The van der Waals surface area contributed by atoms with Crippen LogP contribution in [0.25, 0.3) is 33.7 Å². The van der Waals surface area contributed by atoms with Crippen LogP contribution in [0.3, 0.4) is 0 Å². The van der Waals surface area contributed by atoms with Gasteiger partial charge in [0.05, 0.1) is 11.6 Å². The Hall–Kier alpha value is -2.68. The van der Waals surface area contributed by atoms with Crippen LogP contribution in [0.4, 0.5) is 0 Å². The SMILES string of the molecule is N#C/C(=C\c1cnccc1-c1cccc(Br)c1)c1c[nH]c2ccc(Br)cc12. The molecule has 0 atom stereocenters. The number of aromatic amines is 1. The van der Waals surface area contributed by atoms with Gasteiger partial charge in [-0.25, -0.2) is 0 Å².